The van der Waals surface area contributed by atoms with E-state index in [0.717, 1.165) is 0 Å². The number of hydrogen-bond acceptors (Lipinski definition) is 4. The van der Waals surface area contributed by atoms with Crippen LogP contribution in [0.5, 0.6) is 0 Å². The van der Waals surface area contributed by atoms with Crippen LogP contribution in [0.15, 0.2) is 29.2 Å². The van der Waals surface area contributed by atoms with E-state index >= 15 is 0 Å². The van der Waals surface area contributed by atoms with Gasteiger partial charge in [0.2, 0.25) is 0 Å². The van der Waals surface area contributed by atoms with E-state index < -0.39 is 0 Å². The van der Waals surface area contributed by atoms with Gasteiger partial charge in [-0.1, -0.05) is 5.21 Å². The molecule has 0 unspecified atom stereocenters. The van der Waals surface area contributed by atoms with Gasteiger partial charge in [-0.25, -0.2) is 4.98 Å². The maximum absolute atomic E-state index is 11.6. The Morgan fingerprint density at radius 1 is 1.43 bits per heavy atom. The highest BCUT2D eigenvalue weighted by Gasteiger charge is 2.05. The van der Waals surface area contributed by atoms with E-state index in [0.29, 0.717) is 16.7 Å². The van der Waals surface area contributed by atoms with E-state index in [1.807, 2.05) is 0 Å². The summed E-state index contributed by atoms with van der Waals surface area (Å²) in [6.07, 6.45) is 1.62. The molecule has 0 atom stereocenters. The topological polar surface area (TPSA) is 75.9 Å². The van der Waals surface area contributed by atoms with E-state index in [2.05, 4.69) is 20.5 Å². The van der Waals surface area contributed by atoms with Crippen molar-refractivity contribution in [2.45, 2.75) is 0 Å². The van der Waals surface area contributed by atoms with Crippen molar-refractivity contribution in [3.63, 3.8) is 0 Å². The van der Waals surface area contributed by atoms with Crippen molar-refractivity contribution >= 4 is 16.7 Å². The minimum atomic E-state index is -0.0954. The van der Waals surface area contributed by atoms with E-state index in [9.17, 15) is 4.79 Å². The molecular weight excluding hydrogens is 182 g/mol. The summed E-state index contributed by atoms with van der Waals surface area (Å²) in [7, 11) is 0. The van der Waals surface area contributed by atoms with Crippen LogP contribution in [0.2, 0.25) is 0 Å². The van der Waals surface area contributed by atoms with Crippen LogP contribution < -0.4 is 5.43 Å². The SMILES string of the molecule is O=c1cc2nn[nH]n2c2ncccc12. The molecule has 0 fully saturated rings. The van der Waals surface area contributed by atoms with Crippen LogP contribution >= 0.6 is 0 Å². The molecule has 3 aromatic heterocycles. The Kier molecular flexibility index (Phi) is 1.22. The number of aromatic nitrogens is 5. The molecule has 3 rings (SSSR count). The maximum Gasteiger partial charge on any atom is 0.193 e. The first-order valence-corrected chi connectivity index (χ1v) is 4.04. The fourth-order valence-electron chi connectivity index (χ4n) is 1.43. The average molecular weight is 187 g/mol. The highest BCUT2D eigenvalue weighted by Crippen LogP contribution is 2.05. The Bertz CT molecular complexity index is 668. The van der Waals surface area contributed by atoms with Crippen LogP contribution in [0.1, 0.15) is 0 Å². The van der Waals surface area contributed by atoms with Gasteiger partial charge in [0.15, 0.2) is 16.7 Å². The molecule has 0 spiro atoms. The van der Waals surface area contributed by atoms with Gasteiger partial charge < -0.3 is 0 Å². The molecular formula is C8H5N5O. The molecule has 0 bridgehead atoms. The number of nitrogens with zero attached hydrogens (tertiary/aromatic N) is 4. The fourth-order valence-corrected chi connectivity index (χ4v) is 1.43. The number of aromatic amines is 1. The van der Waals surface area contributed by atoms with Gasteiger partial charge in [-0.05, 0) is 12.1 Å². The largest absolute Gasteiger partial charge is 0.289 e. The lowest BCUT2D eigenvalue weighted by Crippen LogP contribution is -2.05. The second-order valence-electron chi connectivity index (χ2n) is 2.88. The third kappa shape index (κ3) is 0.792. The van der Waals surface area contributed by atoms with Crippen LogP contribution in [0.25, 0.3) is 16.7 Å². The first kappa shape index (κ1) is 7.19. The van der Waals surface area contributed by atoms with Gasteiger partial charge in [-0.15, -0.1) is 5.10 Å². The molecule has 1 N–H and O–H groups in total. The van der Waals surface area contributed by atoms with Crippen LogP contribution in [-0.4, -0.2) is 25.0 Å². The lowest BCUT2D eigenvalue weighted by atomic mass is 10.3. The molecule has 6 heteroatoms. The van der Waals surface area contributed by atoms with Crippen LogP contribution in [0.4, 0.5) is 0 Å². The summed E-state index contributed by atoms with van der Waals surface area (Å²) in [5.74, 6) is 0. The predicted molar refractivity (Wildman–Crippen MR) is 48.9 cm³/mol. The number of tetrazole rings is 1. The van der Waals surface area contributed by atoms with Gasteiger partial charge in [0, 0.05) is 12.3 Å². The van der Waals surface area contributed by atoms with Gasteiger partial charge in [0.25, 0.3) is 0 Å². The molecule has 3 aromatic rings. The summed E-state index contributed by atoms with van der Waals surface area (Å²) in [6.45, 7) is 0. The standard InChI is InChI=1S/C8H5N5O/c14-6-4-7-10-11-12-13(7)8-5(6)2-1-3-9-8/h1-4H,(H,10,12). The van der Waals surface area contributed by atoms with Crippen molar-refractivity contribution in [3.8, 4) is 0 Å². The monoisotopic (exact) mass is 187 g/mol. The van der Waals surface area contributed by atoms with Crippen LogP contribution in [0, 0.1) is 0 Å². The lowest BCUT2D eigenvalue weighted by Gasteiger charge is -1.96. The van der Waals surface area contributed by atoms with Gasteiger partial charge in [-0.2, -0.15) is 9.73 Å². The molecule has 0 aliphatic carbocycles. The van der Waals surface area contributed by atoms with Crippen molar-refractivity contribution < 1.29 is 0 Å². The number of fused-ring (bicyclic) bond motifs is 3. The molecule has 14 heavy (non-hydrogen) atoms. The molecule has 0 saturated heterocycles. The third-order valence-corrected chi connectivity index (χ3v) is 2.05. The van der Waals surface area contributed by atoms with E-state index in [1.54, 1.807) is 22.8 Å². The first-order valence-electron chi connectivity index (χ1n) is 4.04. The number of rotatable bonds is 0. The highest BCUT2D eigenvalue weighted by atomic mass is 16.1. The minimum absolute atomic E-state index is 0.0954. The summed E-state index contributed by atoms with van der Waals surface area (Å²) in [5, 5.41) is 10.5. The zero-order valence-electron chi connectivity index (χ0n) is 7.01. The molecule has 3 heterocycles. The lowest BCUT2D eigenvalue weighted by molar-refractivity contribution is 0.835. The second kappa shape index (κ2) is 2.38. The molecule has 0 radical (unpaired) electrons. The van der Waals surface area contributed by atoms with Crippen molar-refractivity contribution in [1.29, 1.82) is 0 Å². The second-order valence-corrected chi connectivity index (χ2v) is 2.88. The Labute approximate surface area is 77.2 Å². The number of pyridine rings is 2. The maximum atomic E-state index is 11.6. The molecule has 0 aliphatic heterocycles. The molecule has 0 aliphatic rings. The summed E-state index contributed by atoms with van der Waals surface area (Å²) in [4.78, 5) is 15.6. The van der Waals surface area contributed by atoms with Crippen molar-refractivity contribution in [2.24, 2.45) is 0 Å². The Morgan fingerprint density at radius 2 is 2.36 bits per heavy atom. The molecule has 6 nitrogen and oxygen atoms in total. The summed E-state index contributed by atoms with van der Waals surface area (Å²) < 4.78 is 1.57. The summed E-state index contributed by atoms with van der Waals surface area (Å²) in [6, 6.07) is 4.87. The number of hydrogen-bond donors (Lipinski definition) is 1. The van der Waals surface area contributed by atoms with Gasteiger partial charge in [0.1, 0.15) is 0 Å². The molecule has 68 valence electrons. The molecule has 0 aromatic carbocycles. The van der Waals surface area contributed by atoms with E-state index in [-0.39, 0.29) is 5.43 Å². The van der Waals surface area contributed by atoms with Gasteiger partial charge in [-0.3, -0.25) is 4.79 Å². The average Bonchev–Trinajstić information content (AvgIpc) is 2.66. The number of nitrogens with one attached hydrogen (secondary N) is 1. The minimum Gasteiger partial charge on any atom is -0.289 e. The number of H-pyrrole nitrogens is 1. The molecule has 0 saturated carbocycles. The van der Waals surface area contributed by atoms with Crippen molar-refractivity contribution in [2.75, 3.05) is 0 Å². The third-order valence-electron chi connectivity index (χ3n) is 2.05. The van der Waals surface area contributed by atoms with Crippen LogP contribution in [0.3, 0.4) is 0 Å². The smallest absolute Gasteiger partial charge is 0.193 e. The predicted octanol–water partition coefficient (Wildman–Crippen LogP) is -0.0342. The van der Waals surface area contributed by atoms with Gasteiger partial charge in [0.05, 0.1) is 5.39 Å². The zero-order chi connectivity index (χ0) is 9.54. The first-order chi connectivity index (χ1) is 6.86. The fraction of sp³-hybridized carbons (Fsp3) is 0. The normalized spacial score (nSPS) is 11.1. The van der Waals surface area contributed by atoms with Crippen LogP contribution in [-0.2, 0) is 0 Å². The zero-order valence-corrected chi connectivity index (χ0v) is 7.01. The Balaban J connectivity index is 2.74. The Morgan fingerprint density at radius 3 is 3.29 bits per heavy atom. The summed E-state index contributed by atoms with van der Waals surface area (Å²) >= 11 is 0. The quantitative estimate of drug-likeness (QED) is 0.536. The Hall–Kier alpha value is -2.24. The van der Waals surface area contributed by atoms with E-state index in [4.69, 9.17) is 0 Å². The van der Waals surface area contributed by atoms with Gasteiger partial charge >= 0.3 is 0 Å². The van der Waals surface area contributed by atoms with Crippen molar-refractivity contribution in [3.05, 3.63) is 34.6 Å². The summed E-state index contributed by atoms with van der Waals surface area (Å²) in [5.41, 5.74) is 0.920. The highest BCUT2D eigenvalue weighted by molar-refractivity contribution is 5.77. The molecule has 0 amide bonds. The van der Waals surface area contributed by atoms with Crippen molar-refractivity contribution in [1.82, 2.24) is 25.0 Å². The van der Waals surface area contributed by atoms with E-state index in [1.165, 1.54) is 6.07 Å².